The SMILES string of the molecule is CC(C)C(NC(=O)Cn1c(-c2ccccc2)ncc(NC(=O)OCC(F)(F)F)c1=O)C(=O)C(F)(F)F. The van der Waals surface area contributed by atoms with Gasteiger partial charge in [0.1, 0.15) is 18.1 Å². The van der Waals surface area contributed by atoms with Crippen LogP contribution in [0, 0.1) is 5.92 Å². The monoisotopic (exact) mass is 522 g/mol. The third-order valence-electron chi connectivity index (χ3n) is 4.53. The summed E-state index contributed by atoms with van der Waals surface area (Å²) >= 11 is 0. The summed E-state index contributed by atoms with van der Waals surface area (Å²) in [6, 6.07) is 5.78. The third kappa shape index (κ3) is 7.81. The molecular weight excluding hydrogens is 502 g/mol. The standard InChI is InChI=1S/C21H20F6N4O5/c1-11(2)15(16(33)21(25,26)27)30-14(32)9-31-17(12-6-4-3-5-7-12)28-8-13(18(31)34)29-19(35)36-10-20(22,23)24/h3-8,11,15H,9-10H2,1-2H3,(H,29,35)(H,30,32). The van der Waals surface area contributed by atoms with Gasteiger partial charge in [-0.2, -0.15) is 26.3 Å². The fraction of sp³-hybridized carbons (Fsp3) is 0.381. The van der Waals surface area contributed by atoms with Crippen LogP contribution in [0.5, 0.6) is 0 Å². The average Bonchev–Trinajstić information content (AvgIpc) is 2.77. The van der Waals surface area contributed by atoms with Crippen LogP contribution in [0.1, 0.15) is 13.8 Å². The molecule has 2 amide bonds. The minimum absolute atomic E-state index is 0.145. The van der Waals surface area contributed by atoms with E-state index in [0.29, 0.717) is 10.1 Å². The highest BCUT2D eigenvalue weighted by atomic mass is 19.4. The number of amides is 2. The summed E-state index contributed by atoms with van der Waals surface area (Å²) in [7, 11) is 0. The first-order valence-corrected chi connectivity index (χ1v) is 10.2. The van der Waals surface area contributed by atoms with Crippen molar-refractivity contribution in [3.8, 4) is 11.4 Å². The van der Waals surface area contributed by atoms with Gasteiger partial charge in [-0.1, -0.05) is 44.2 Å². The van der Waals surface area contributed by atoms with E-state index in [4.69, 9.17) is 0 Å². The number of hydrogen-bond acceptors (Lipinski definition) is 6. The Morgan fingerprint density at radius 3 is 2.19 bits per heavy atom. The van der Waals surface area contributed by atoms with Gasteiger partial charge in [0, 0.05) is 5.56 Å². The first-order chi connectivity index (χ1) is 16.6. The zero-order valence-corrected chi connectivity index (χ0v) is 18.7. The van der Waals surface area contributed by atoms with Crippen molar-refractivity contribution in [3.63, 3.8) is 0 Å². The van der Waals surface area contributed by atoms with Gasteiger partial charge >= 0.3 is 18.4 Å². The van der Waals surface area contributed by atoms with Gasteiger partial charge in [-0.3, -0.25) is 24.3 Å². The second-order valence-corrected chi connectivity index (χ2v) is 7.72. The Morgan fingerprint density at radius 1 is 1.06 bits per heavy atom. The summed E-state index contributed by atoms with van der Waals surface area (Å²) in [5.41, 5.74) is -1.49. The summed E-state index contributed by atoms with van der Waals surface area (Å²) in [6.07, 6.45) is -10.9. The van der Waals surface area contributed by atoms with E-state index >= 15 is 0 Å². The van der Waals surface area contributed by atoms with Crippen LogP contribution in [0.15, 0.2) is 41.3 Å². The first kappa shape index (κ1) is 28.3. The topological polar surface area (TPSA) is 119 Å². The van der Waals surface area contributed by atoms with Gasteiger partial charge in [-0.15, -0.1) is 0 Å². The van der Waals surface area contributed by atoms with Crippen LogP contribution >= 0.6 is 0 Å². The Morgan fingerprint density at radius 2 is 1.67 bits per heavy atom. The number of nitrogens with zero attached hydrogens (tertiary/aromatic N) is 2. The predicted molar refractivity (Wildman–Crippen MR) is 113 cm³/mol. The molecule has 0 fully saturated rings. The van der Waals surface area contributed by atoms with Crippen molar-refractivity contribution in [2.45, 2.75) is 38.8 Å². The Hall–Kier alpha value is -3.91. The molecule has 0 aliphatic rings. The number of ketones is 1. The van der Waals surface area contributed by atoms with Gasteiger partial charge in [-0.25, -0.2) is 9.78 Å². The lowest BCUT2D eigenvalue weighted by atomic mass is 9.99. The molecule has 0 saturated heterocycles. The molecule has 2 N–H and O–H groups in total. The van der Waals surface area contributed by atoms with Crippen molar-refractivity contribution in [2.75, 3.05) is 11.9 Å². The van der Waals surface area contributed by atoms with Gasteiger partial charge in [0.15, 0.2) is 6.61 Å². The molecule has 15 heteroatoms. The number of carbonyl (C=O) groups is 3. The average molecular weight is 522 g/mol. The number of hydrogen-bond donors (Lipinski definition) is 2. The van der Waals surface area contributed by atoms with Gasteiger partial charge < -0.3 is 10.1 Å². The van der Waals surface area contributed by atoms with Crippen molar-refractivity contribution >= 4 is 23.5 Å². The van der Waals surface area contributed by atoms with Crippen LogP contribution in [-0.2, 0) is 20.9 Å². The van der Waals surface area contributed by atoms with Gasteiger partial charge in [0.25, 0.3) is 11.3 Å². The van der Waals surface area contributed by atoms with Crippen molar-refractivity contribution in [2.24, 2.45) is 5.92 Å². The van der Waals surface area contributed by atoms with Crippen molar-refractivity contribution < 1.29 is 45.5 Å². The maximum absolute atomic E-state index is 13.0. The number of nitrogens with one attached hydrogen (secondary N) is 2. The van der Waals surface area contributed by atoms with Gasteiger partial charge in [0.2, 0.25) is 5.91 Å². The molecule has 1 unspecified atom stereocenters. The molecule has 1 aromatic heterocycles. The minimum atomic E-state index is -5.23. The maximum atomic E-state index is 13.0. The summed E-state index contributed by atoms with van der Waals surface area (Å²) in [4.78, 5) is 52.8. The summed E-state index contributed by atoms with van der Waals surface area (Å²) in [5.74, 6) is -4.46. The Bertz CT molecular complexity index is 1160. The Balaban J connectivity index is 2.39. The lowest BCUT2D eigenvalue weighted by molar-refractivity contribution is -0.174. The van der Waals surface area contributed by atoms with Crippen molar-refractivity contribution in [1.82, 2.24) is 14.9 Å². The van der Waals surface area contributed by atoms with Gasteiger partial charge in [-0.05, 0) is 5.92 Å². The van der Waals surface area contributed by atoms with Crippen LogP contribution in [0.4, 0.5) is 36.8 Å². The zero-order chi connectivity index (χ0) is 27.3. The largest absolute Gasteiger partial charge is 0.452 e. The molecule has 0 spiro atoms. The molecule has 1 heterocycles. The molecule has 1 aromatic carbocycles. The summed E-state index contributed by atoms with van der Waals surface area (Å²) in [5, 5.41) is 3.72. The lowest BCUT2D eigenvalue weighted by Gasteiger charge is -2.23. The number of alkyl halides is 6. The van der Waals surface area contributed by atoms with E-state index in [1.165, 1.54) is 26.0 Å². The number of Topliss-reactive ketones (excluding diaryl/α,β-unsaturated/α-hetero) is 1. The smallest absolute Gasteiger partial charge is 0.440 e. The molecule has 0 aliphatic carbocycles. The molecule has 1 atom stereocenters. The predicted octanol–water partition coefficient (Wildman–Crippen LogP) is 3.29. The summed E-state index contributed by atoms with van der Waals surface area (Å²) < 4.78 is 80.1. The van der Waals surface area contributed by atoms with E-state index in [9.17, 15) is 45.5 Å². The lowest BCUT2D eigenvalue weighted by Crippen LogP contribution is -2.51. The number of benzene rings is 1. The van der Waals surface area contributed by atoms with E-state index in [0.717, 1.165) is 6.20 Å². The molecule has 0 saturated carbocycles. The molecule has 0 aliphatic heterocycles. The number of ether oxygens (including phenoxy) is 1. The first-order valence-electron chi connectivity index (χ1n) is 10.2. The molecule has 196 valence electrons. The van der Waals surface area contributed by atoms with E-state index in [1.54, 1.807) is 23.5 Å². The van der Waals surface area contributed by atoms with E-state index < -0.39 is 66.5 Å². The zero-order valence-electron chi connectivity index (χ0n) is 18.7. The summed E-state index contributed by atoms with van der Waals surface area (Å²) in [6.45, 7) is -0.323. The molecule has 2 aromatic rings. The highest BCUT2D eigenvalue weighted by Gasteiger charge is 2.45. The van der Waals surface area contributed by atoms with E-state index in [2.05, 4.69) is 9.72 Å². The second kappa shape index (κ2) is 11.2. The van der Waals surface area contributed by atoms with E-state index in [-0.39, 0.29) is 5.82 Å². The molecule has 9 nitrogen and oxygen atoms in total. The normalized spacial score (nSPS) is 12.7. The molecule has 0 bridgehead atoms. The fourth-order valence-electron chi connectivity index (χ4n) is 2.91. The van der Waals surface area contributed by atoms with Gasteiger partial charge in [0.05, 0.1) is 12.2 Å². The van der Waals surface area contributed by atoms with Crippen molar-refractivity contribution in [3.05, 3.63) is 46.9 Å². The van der Waals surface area contributed by atoms with Crippen LogP contribution in [-0.4, -0.2) is 52.3 Å². The number of rotatable bonds is 8. The fourth-order valence-corrected chi connectivity index (χ4v) is 2.91. The number of halogens is 6. The number of aromatic nitrogens is 2. The number of anilines is 1. The van der Waals surface area contributed by atoms with Crippen molar-refractivity contribution in [1.29, 1.82) is 0 Å². The van der Waals surface area contributed by atoms with Crippen LogP contribution < -0.4 is 16.2 Å². The quantitative estimate of drug-likeness (QED) is 0.514. The Kier molecular flexibility index (Phi) is 8.83. The molecule has 2 rings (SSSR count). The Labute approximate surface area is 199 Å². The molecular formula is C21H20F6N4O5. The molecule has 36 heavy (non-hydrogen) atoms. The highest BCUT2D eigenvalue weighted by molar-refractivity contribution is 5.93. The minimum Gasteiger partial charge on any atom is -0.440 e. The molecule has 0 radical (unpaired) electrons. The van der Waals surface area contributed by atoms with Crippen LogP contribution in [0.2, 0.25) is 0 Å². The second-order valence-electron chi connectivity index (χ2n) is 7.72. The number of carbonyl (C=O) groups excluding carboxylic acids is 3. The van der Waals surface area contributed by atoms with Crippen LogP contribution in [0.3, 0.4) is 0 Å². The maximum Gasteiger partial charge on any atom is 0.452 e. The van der Waals surface area contributed by atoms with E-state index in [1.807, 2.05) is 5.32 Å². The van der Waals surface area contributed by atoms with Crippen LogP contribution in [0.25, 0.3) is 11.4 Å². The third-order valence-corrected chi connectivity index (χ3v) is 4.53. The highest BCUT2D eigenvalue weighted by Crippen LogP contribution is 2.22.